The van der Waals surface area contributed by atoms with Crippen LogP contribution in [0.15, 0.2) is 18.2 Å². The molecule has 1 aromatic carbocycles. The second-order valence-electron chi connectivity index (χ2n) is 5.42. The van der Waals surface area contributed by atoms with E-state index in [-0.39, 0.29) is 29.9 Å². The molecular weight excluding hydrogens is 320 g/mol. The van der Waals surface area contributed by atoms with Crippen LogP contribution in [0.25, 0.3) is 0 Å². The number of anilines is 1. The van der Waals surface area contributed by atoms with Crippen LogP contribution >= 0.6 is 0 Å². The monoisotopic (exact) mass is 342 g/mol. The highest BCUT2D eigenvalue weighted by molar-refractivity contribution is 7.91. The third-order valence-corrected chi connectivity index (χ3v) is 5.47. The Morgan fingerprint density at radius 1 is 1.30 bits per heavy atom. The third kappa shape index (κ3) is 5.11. The molecule has 128 valence electrons. The lowest BCUT2D eigenvalue weighted by Crippen LogP contribution is -2.32. The molecule has 0 bridgehead atoms. The van der Waals surface area contributed by atoms with Crippen molar-refractivity contribution in [2.45, 2.75) is 18.9 Å². The fraction of sp³-hybridized carbons (Fsp3) is 0.533. The van der Waals surface area contributed by atoms with Gasteiger partial charge in [0.05, 0.1) is 31.4 Å². The van der Waals surface area contributed by atoms with Crippen LogP contribution in [0.5, 0.6) is 11.5 Å². The highest BCUT2D eigenvalue weighted by Gasteiger charge is 2.27. The minimum Gasteiger partial charge on any atom is -0.497 e. The molecule has 1 saturated heterocycles. The Hall–Kier alpha value is -1.80. The van der Waals surface area contributed by atoms with Gasteiger partial charge in [0.25, 0.3) is 0 Å². The number of hydrogen-bond donors (Lipinski definition) is 2. The van der Waals surface area contributed by atoms with Gasteiger partial charge in [0.1, 0.15) is 11.5 Å². The predicted octanol–water partition coefficient (Wildman–Crippen LogP) is 0.809. The van der Waals surface area contributed by atoms with E-state index in [0.717, 1.165) is 0 Å². The Morgan fingerprint density at radius 2 is 2.09 bits per heavy atom. The summed E-state index contributed by atoms with van der Waals surface area (Å²) in [5.41, 5.74) is 0.542. The lowest BCUT2D eigenvalue weighted by Gasteiger charge is -2.13. The van der Waals surface area contributed by atoms with Crippen LogP contribution in [0, 0.1) is 0 Å². The molecule has 1 amide bonds. The summed E-state index contributed by atoms with van der Waals surface area (Å²) in [4.78, 5) is 12.0. The zero-order chi connectivity index (χ0) is 16.9. The number of methoxy groups -OCH3 is 2. The largest absolute Gasteiger partial charge is 0.497 e. The number of sulfone groups is 1. The Balaban J connectivity index is 1.83. The molecule has 0 saturated carbocycles. The minimum absolute atomic E-state index is 0.0563. The van der Waals surface area contributed by atoms with E-state index in [2.05, 4.69) is 10.6 Å². The number of ether oxygens (including phenoxy) is 2. The van der Waals surface area contributed by atoms with Crippen LogP contribution in [0.1, 0.15) is 12.8 Å². The summed E-state index contributed by atoms with van der Waals surface area (Å²) in [7, 11) is 0.171. The van der Waals surface area contributed by atoms with Crippen molar-refractivity contribution in [3.63, 3.8) is 0 Å². The van der Waals surface area contributed by atoms with Gasteiger partial charge >= 0.3 is 0 Å². The van der Waals surface area contributed by atoms with E-state index < -0.39 is 9.84 Å². The molecule has 2 N–H and O–H groups in total. The van der Waals surface area contributed by atoms with Crippen LogP contribution in [-0.2, 0) is 14.6 Å². The molecule has 0 aliphatic carbocycles. The fourth-order valence-corrected chi connectivity index (χ4v) is 4.18. The topological polar surface area (TPSA) is 93.7 Å². The molecule has 1 fully saturated rings. The highest BCUT2D eigenvalue weighted by atomic mass is 32.2. The Bertz CT molecular complexity index is 660. The average Bonchev–Trinajstić information content (AvgIpc) is 2.86. The number of carbonyl (C=O) groups is 1. The summed E-state index contributed by atoms with van der Waals surface area (Å²) in [6.45, 7) is 0.429. The van der Waals surface area contributed by atoms with E-state index in [4.69, 9.17) is 9.47 Å². The predicted molar refractivity (Wildman–Crippen MR) is 87.9 cm³/mol. The zero-order valence-electron chi connectivity index (χ0n) is 13.3. The Morgan fingerprint density at radius 3 is 2.70 bits per heavy atom. The maximum absolute atomic E-state index is 12.0. The van der Waals surface area contributed by atoms with Gasteiger partial charge in [0, 0.05) is 25.1 Å². The molecule has 23 heavy (non-hydrogen) atoms. The summed E-state index contributed by atoms with van der Waals surface area (Å²) < 4.78 is 33.1. The smallest absolute Gasteiger partial charge is 0.225 e. The van der Waals surface area contributed by atoms with E-state index in [9.17, 15) is 13.2 Å². The molecule has 1 aliphatic rings. The molecule has 0 aromatic heterocycles. The Labute approximate surface area is 136 Å². The van der Waals surface area contributed by atoms with Crippen molar-refractivity contribution in [3.8, 4) is 11.5 Å². The van der Waals surface area contributed by atoms with Crippen LogP contribution in [0.2, 0.25) is 0 Å². The molecule has 8 heteroatoms. The maximum Gasteiger partial charge on any atom is 0.225 e. The normalized spacial score (nSPS) is 19.3. The maximum atomic E-state index is 12.0. The second kappa shape index (κ2) is 7.65. The molecule has 0 spiro atoms. The molecule has 1 aliphatic heterocycles. The summed E-state index contributed by atoms with van der Waals surface area (Å²) in [5.74, 6) is 1.37. The standard InChI is InChI=1S/C15H22N2O5S/c1-21-12-3-4-14(22-2)13(9-12)17-15(18)5-7-16-11-6-8-23(19,20)10-11/h3-4,9,11,16H,5-8,10H2,1-2H3,(H,17,18). The van der Waals surface area contributed by atoms with Crippen molar-refractivity contribution in [3.05, 3.63) is 18.2 Å². The van der Waals surface area contributed by atoms with Crippen molar-refractivity contribution >= 4 is 21.4 Å². The highest BCUT2D eigenvalue weighted by Crippen LogP contribution is 2.28. The van der Waals surface area contributed by atoms with Gasteiger partial charge in [0.2, 0.25) is 5.91 Å². The lowest BCUT2D eigenvalue weighted by atomic mass is 10.2. The van der Waals surface area contributed by atoms with Gasteiger partial charge in [-0.3, -0.25) is 4.79 Å². The van der Waals surface area contributed by atoms with Gasteiger partial charge in [-0.05, 0) is 18.6 Å². The van der Waals surface area contributed by atoms with Crippen molar-refractivity contribution in [1.29, 1.82) is 0 Å². The first-order valence-corrected chi connectivity index (χ1v) is 9.21. The molecule has 1 unspecified atom stereocenters. The zero-order valence-corrected chi connectivity index (χ0v) is 14.1. The van der Waals surface area contributed by atoms with Gasteiger partial charge in [-0.1, -0.05) is 0 Å². The third-order valence-electron chi connectivity index (χ3n) is 3.70. The summed E-state index contributed by atoms with van der Waals surface area (Å²) >= 11 is 0. The number of carbonyl (C=O) groups excluding carboxylic acids is 1. The van der Waals surface area contributed by atoms with Crippen LogP contribution in [0.4, 0.5) is 5.69 Å². The number of benzene rings is 1. The van der Waals surface area contributed by atoms with Gasteiger partial charge < -0.3 is 20.1 Å². The first-order chi connectivity index (χ1) is 10.9. The van der Waals surface area contributed by atoms with Crippen molar-refractivity contribution in [2.75, 3.05) is 37.6 Å². The molecule has 1 atom stereocenters. The molecule has 1 aromatic rings. The van der Waals surface area contributed by atoms with Gasteiger partial charge in [-0.2, -0.15) is 0 Å². The number of amides is 1. The first-order valence-electron chi connectivity index (χ1n) is 7.39. The number of rotatable bonds is 7. The number of nitrogens with one attached hydrogen (secondary N) is 2. The quantitative estimate of drug-likeness (QED) is 0.762. The van der Waals surface area contributed by atoms with Crippen LogP contribution in [0.3, 0.4) is 0 Å². The molecule has 0 radical (unpaired) electrons. The lowest BCUT2D eigenvalue weighted by molar-refractivity contribution is -0.116. The first kappa shape index (κ1) is 17.6. The summed E-state index contributed by atoms with van der Waals surface area (Å²) in [5, 5.41) is 5.88. The second-order valence-corrected chi connectivity index (χ2v) is 7.65. The molecule has 1 heterocycles. The van der Waals surface area contributed by atoms with Gasteiger partial charge in [-0.25, -0.2) is 8.42 Å². The van der Waals surface area contributed by atoms with Gasteiger partial charge in [0.15, 0.2) is 9.84 Å². The minimum atomic E-state index is -2.90. The van der Waals surface area contributed by atoms with Crippen molar-refractivity contribution in [2.24, 2.45) is 0 Å². The van der Waals surface area contributed by atoms with E-state index in [1.54, 1.807) is 25.3 Å². The fourth-order valence-electron chi connectivity index (χ4n) is 2.47. The SMILES string of the molecule is COc1ccc(OC)c(NC(=O)CCNC2CCS(=O)(=O)C2)c1. The van der Waals surface area contributed by atoms with Gasteiger partial charge in [-0.15, -0.1) is 0 Å². The van der Waals surface area contributed by atoms with Crippen LogP contribution < -0.4 is 20.1 Å². The van der Waals surface area contributed by atoms with E-state index in [1.165, 1.54) is 7.11 Å². The molecule has 7 nitrogen and oxygen atoms in total. The molecule has 2 rings (SSSR count). The van der Waals surface area contributed by atoms with E-state index in [1.807, 2.05) is 0 Å². The molecular formula is C15H22N2O5S. The van der Waals surface area contributed by atoms with E-state index >= 15 is 0 Å². The van der Waals surface area contributed by atoms with Crippen molar-refractivity contribution in [1.82, 2.24) is 5.32 Å². The summed E-state index contributed by atoms with van der Waals surface area (Å²) in [6, 6.07) is 5.10. The Kier molecular flexibility index (Phi) is 5.84. The van der Waals surface area contributed by atoms with Crippen LogP contribution in [-0.4, -0.2) is 52.6 Å². The van der Waals surface area contributed by atoms with E-state index in [0.29, 0.717) is 30.2 Å². The average molecular weight is 342 g/mol. The van der Waals surface area contributed by atoms with Crippen molar-refractivity contribution < 1.29 is 22.7 Å². The number of hydrogen-bond acceptors (Lipinski definition) is 6. The summed E-state index contributed by atoms with van der Waals surface area (Å²) in [6.07, 6.45) is 0.852.